The van der Waals surface area contributed by atoms with E-state index in [2.05, 4.69) is 15.2 Å². The Kier molecular flexibility index (Phi) is 5.73. The van der Waals surface area contributed by atoms with Crippen molar-refractivity contribution in [2.24, 2.45) is 0 Å². The van der Waals surface area contributed by atoms with Crippen molar-refractivity contribution in [3.05, 3.63) is 47.5 Å². The van der Waals surface area contributed by atoms with Gasteiger partial charge < -0.3 is 15.0 Å². The Hall–Kier alpha value is -2.20. The molecule has 1 fully saturated rings. The van der Waals surface area contributed by atoms with Crippen LogP contribution in [-0.4, -0.2) is 51.4 Å². The number of hydrogen-bond donors (Lipinski definition) is 1. The van der Waals surface area contributed by atoms with Crippen LogP contribution in [0, 0.1) is 0 Å². The van der Waals surface area contributed by atoms with Gasteiger partial charge in [-0.1, -0.05) is 22.9 Å². The van der Waals surface area contributed by atoms with Crippen molar-refractivity contribution in [2.75, 3.05) is 42.3 Å². The number of fused-ring (bicyclic) bond motifs is 1. The van der Waals surface area contributed by atoms with Crippen LogP contribution in [0.4, 0.5) is 10.8 Å². The van der Waals surface area contributed by atoms with Crippen LogP contribution in [-0.2, 0) is 19.4 Å². The predicted octanol–water partition coefficient (Wildman–Crippen LogP) is 3.20. The molecule has 1 aromatic heterocycles. The highest BCUT2D eigenvalue weighted by atomic mass is 35.5. The second-order valence-electron chi connectivity index (χ2n) is 6.54. The van der Waals surface area contributed by atoms with Crippen LogP contribution in [0.5, 0.6) is 0 Å². The fraction of sp³-hybridized carbons (Fsp3) is 0.263. The fourth-order valence-electron chi connectivity index (χ4n) is 2.98. The number of ether oxygens (including phenoxy) is 1. The smallest absolute Gasteiger partial charge is 0.239 e. The maximum atomic E-state index is 12.4. The first-order valence-corrected chi connectivity index (χ1v) is 11.8. The summed E-state index contributed by atoms with van der Waals surface area (Å²) in [5.41, 5.74) is 1.37. The normalized spacial score (nSPS) is 14.9. The standard InChI is InChI=1S/C19H18ClN3O4S2/c20-13-1-4-15(5-2-13)29(25,26)12-18(24)21-14-3-6-16-17(11-14)28-19(22-16)23-7-9-27-10-8-23/h1-6,11H,7-10,12H2,(H,21,24). The highest BCUT2D eigenvalue weighted by Crippen LogP contribution is 2.31. The number of aromatic nitrogens is 1. The van der Waals surface area contributed by atoms with Crippen LogP contribution in [0.25, 0.3) is 10.2 Å². The molecule has 152 valence electrons. The second kappa shape index (κ2) is 8.27. The molecule has 1 amide bonds. The van der Waals surface area contributed by atoms with Gasteiger partial charge in [-0.15, -0.1) is 0 Å². The summed E-state index contributed by atoms with van der Waals surface area (Å²) < 4.78 is 31.1. The number of hydrogen-bond acceptors (Lipinski definition) is 7. The molecule has 0 aliphatic carbocycles. The van der Waals surface area contributed by atoms with Gasteiger partial charge >= 0.3 is 0 Å². The van der Waals surface area contributed by atoms with Gasteiger partial charge in [-0.25, -0.2) is 13.4 Å². The van der Waals surface area contributed by atoms with E-state index in [-0.39, 0.29) is 4.90 Å². The van der Waals surface area contributed by atoms with Crippen LogP contribution in [0.3, 0.4) is 0 Å². The lowest BCUT2D eigenvalue weighted by Crippen LogP contribution is -2.36. The molecule has 0 radical (unpaired) electrons. The maximum absolute atomic E-state index is 12.4. The molecule has 0 spiro atoms. The molecular weight excluding hydrogens is 434 g/mol. The summed E-state index contributed by atoms with van der Waals surface area (Å²) in [5.74, 6) is -1.24. The number of anilines is 2. The molecule has 0 bridgehead atoms. The van der Waals surface area contributed by atoms with Gasteiger partial charge in [0.25, 0.3) is 0 Å². The van der Waals surface area contributed by atoms with Crippen LogP contribution in [0.2, 0.25) is 5.02 Å². The van der Waals surface area contributed by atoms with Crippen molar-refractivity contribution < 1.29 is 17.9 Å². The molecule has 10 heteroatoms. The van der Waals surface area contributed by atoms with Gasteiger partial charge in [0.05, 0.1) is 28.3 Å². The van der Waals surface area contributed by atoms with E-state index in [0.717, 1.165) is 28.4 Å². The number of amides is 1. The zero-order chi connectivity index (χ0) is 20.4. The molecule has 29 heavy (non-hydrogen) atoms. The Balaban J connectivity index is 1.47. The average molecular weight is 452 g/mol. The number of carbonyl (C=O) groups excluding carboxylic acids is 1. The quantitative estimate of drug-likeness (QED) is 0.640. The van der Waals surface area contributed by atoms with E-state index in [1.165, 1.54) is 35.6 Å². The molecule has 2 aromatic carbocycles. The van der Waals surface area contributed by atoms with Gasteiger partial charge in [-0.3, -0.25) is 4.79 Å². The number of thiazole rings is 1. The third kappa shape index (κ3) is 4.69. The predicted molar refractivity (Wildman–Crippen MR) is 115 cm³/mol. The SMILES string of the molecule is O=C(CS(=O)(=O)c1ccc(Cl)cc1)Nc1ccc2nc(N3CCOCC3)sc2c1. The van der Waals surface area contributed by atoms with Gasteiger partial charge in [0.1, 0.15) is 5.75 Å². The lowest BCUT2D eigenvalue weighted by atomic mass is 10.3. The molecule has 1 N–H and O–H groups in total. The molecule has 3 aromatic rings. The Morgan fingerprint density at radius 1 is 1.17 bits per heavy atom. The van der Waals surface area contributed by atoms with Gasteiger partial charge in [0, 0.05) is 23.8 Å². The molecule has 0 saturated carbocycles. The van der Waals surface area contributed by atoms with Gasteiger partial charge in [-0.2, -0.15) is 0 Å². The zero-order valence-electron chi connectivity index (χ0n) is 15.3. The molecule has 1 saturated heterocycles. The summed E-state index contributed by atoms with van der Waals surface area (Å²) in [7, 11) is -3.75. The number of sulfone groups is 1. The number of rotatable bonds is 5. The van der Waals surface area contributed by atoms with Gasteiger partial charge in [0.2, 0.25) is 5.91 Å². The van der Waals surface area contributed by atoms with Crippen molar-refractivity contribution in [1.29, 1.82) is 0 Å². The number of halogens is 1. The monoisotopic (exact) mass is 451 g/mol. The summed E-state index contributed by atoms with van der Waals surface area (Å²) >= 11 is 7.32. The first-order valence-electron chi connectivity index (χ1n) is 8.92. The lowest BCUT2D eigenvalue weighted by Gasteiger charge is -2.25. The van der Waals surface area contributed by atoms with Crippen LogP contribution >= 0.6 is 22.9 Å². The van der Waals surface area contributed by atoms with Crippen LogP contribution in [0.1, 0.15) is 0 Å². The highest BCUT2D eigenvalue weighted by molar-refractivity contribution is 7.92. The van der Waals surface area contributed by atoms with Crippen molar-refractivity contribution >= 4 is 59.7 Å². The third-order valence-corrected chi connectivity index (χ3v) is 7.40. The lowest BCUT2D eigenvalue weighted by molar-refractivity contribution is -0.113. The topological polar surface area (TPSA) is 88.6 Å². The van der Waals surface area contributed by atoms with E-state index in [1.54, 1.807) is 6.07 Å². The zero-order valence-corrected chi connectivity index (χ0v) is 17.7. The number of nitrogens with one attached hydrogen (secondary N) is 1. The summed E-state index contributed by atoms with van der Waals surface area (Å²) in [4.78, 5) is 19.2. The second-order valence-corrected chi connectivity index (χ2v) is 9.97. The van der Waals surface area contributed by atoms with Crippen LogP contribution < -0.4 is 10.2 Å². The van der Waals surface area contributed by atoms with E-state index >= 15 is 0 Å². The van der Waals surface area contributed by atoms with E-state index in [1.807, 2.05) is 12.1 Å². The number of benzene rings is 2. The van der Waals surface area contributed by atoms with Crippen molar-refractivity contribution in [2.45, 2.75) is 4.90 Å². The Bertz CT molecular complexity index is 1140. The van der Waals surface area contributed by atoms with Gasteiger partial charge in [-0.05, 0) is 42.5 Å². The Labute approximate surface area is 177 Å². The van der Waals surface area contributed by atoms with Crippen molar-refractivity contribution in [3.8, 4) is 0 Å². The molecule has 1 aliphatic heterocycles. The van der Waals surface area contributed by atoms with E-state index in [0.29, 0.717) is 23.9 Å². The van der Waals surface area contributed by atoms with Gasteiger partial charge in [0.15, 0.2) is 15.0 Å². The summed E-state index contributed by atoms with van der Waals surface area (Å²) in [6.45, 7) is 2.95. The molecule has 1 aliphatic rings. The molecule has 0 unspecified atom stereocenters. The van der Waals surface area contributed by atoms with E-state index < -0.39 is 21.5 Å². The number of nitrogens with zero attached hydrogens (tertiary/aromatic N) is 2. The maximum Gasteiger partial charge on any atom is 0.239 e. The van der Waals surface area contributed by atoms with Crippen molar-refractivity contribution in [1.82, 2.24) is 4.98 Å². The Morgan fingerprint density at radius 2 is 1.90 bits per heavy atom. The minimum atomic E-state index is -3.75. The largest absolute Gasteiger partial charge is 0.378 e. The highest BCUT2D eigenvalue weighted by Gasteiger charge is 2.20. The number of morpholine rings is 1. The third-order valence-electron chi connectivity index (χ3n) is 4.44. The minimum Gasteiger partial charge on any atom is -0.378 e. The Morgan fingerprint density at radius 3 is 2.62 bits per heavy atom. The molecule has 0 atom stereocenters. The molecular formula is C19H18ClN3O4S2. The molecule has 4 rings (SSSR count). The first kappa shape index (κ1) is 20.1. The molecule has 2 heterocycles. The van der Waals surface area contributed by atoms with E-state index in [4.69, 9.17) is 16.3 Å². The fourth-order valence-corrected chi connectivity index (χ4v) is 5.29. The minimum absolute atomic E-state index is 0.0603. The van der Waals surface area contributed by atoms with E-state index in [9.17, 15) is 13.2 Å². The average Bonchev–Trinajstić information content (AvgIpc) is 3.12. The molecule has 7 nitrogen and oxygen atoms in total. The summed E-state index contributed by atoms with van der Waals surface area (Å²) in [6.07, 6.45) is 0. The number of carbonyl (C=O) groups is 1. The summed E-state index contributed by atoms with van der Waals surface area (Å²) in [5, 5.41) is 4.01. The first-order chi connectivity index (χ1) is 13.9. The van der Waals surface area contributed by atoms with Crippen LogP contribution in [0.15, 0.2) is 47.4 Å². The van der Waals surface area contributed by atoms with Crippen molar-refractivity contribution in [3.63, 3.8) is 0 Å². The summed E-state index contributed by atoms with van der Waals surface area (Å²) in [6, 6.07) is 11.1.